The van der Waals surface area contributed by atoms with E-state index < -0.39 is 35.8 Å². The highest BCUT2D eigenvalue weighted by atomic mass is 35.5. The molecule has 1 N–H and O–H groups in total. The van der Waals surface area contributed by atoms with Gasteiger partial charge in [-0.05, 0) is 39.8 Å². The minimum Gasteiger partial charge on any atom is -0.398 e. The fourth-order valence-corrected chi connectivity index (χ4v) is 2.63. The van der Waals surface area contributed by atoms with Gasteiger partial charge in [0.05, 0.1) is 27.5 Å². The molecule has 1 saturated heterocycles. The van der Waals surface area contributed by atoms with Gasteiger partial charge in [0.15, 0.2) is 0 Å². The van der Waals surface area contributed by atoms with Gasteiger partial charge in [0, 0.05) is 5.56 Å². The Morgan fingerprint density at radius 3 is 2.35 bits per heavy atom. The fourth-order valence-electron chi connectivity index (χ4n) is 2.47. The number of anilines is 1. The quantitative estimate of drug-likeness (QED) is 0.625. The van der Waals surface area contributed by atoms with Crippen molar-refractivity contribution < 1.29 is 22.9 Å². The zero-order valence-corrected chi connectivity index (χ0v) is 13.8. The molecule has 2 aliphatic heterocycles. The van der Waals surface area contributed by atoms with E-state index >= 15 is 0 Å². The van der Waals surface area contributed by atoms with Gasteiger partial charge >= 0.3 is 7.12 Å². The van der Waals surface area contributed by atoms with Gasteiger partial charge in [-0.1, -0.05) is 11.6 Å². The molecule has 0 bridgehead atoms. The first-order chi connectivity index (χ1) is 10.5. The molecular weight excluding hydrogens is 326 g/mol. The Kier molecular flexibility index (Phi) is 3.59. The molecule has 0 aromatic heterocycles. The number of rotatable bonds is 1. The first kappa shape index (κ1) is 16.4. The molecule has 2 heterocycles. The molecule has 1 aromatic carbocycles. The summed E-state index contributed by atoms with van der Waals surface area (Å²) in [6.45, 7) is 7.08. The molecule has 122 valence electrons. The molecule has 0 spiro atoms. The number of hydrogen-bond acceptors (Lipinski definition) is 3. The number of carbonyl (C=O) groups is 1. The molecule has 0 unspecified atom stereocenters. The van der Waals surface area contributed by atoms with Crippen LogP contribution in [0.25, 0.3) is 5.57 Å². The van der Waals surface area contributed by atoms with Gasteiger partial charge in [-0.25, -0.2) is 8.78 Å². The smallest absolute Gasteiger partial charge is 0.398 e. The van der Waals surface area contributed by atoms with Crippen molar-refractivity contribution in [2.75, 3.05) is 5.32 Å². The molecule has 0 aliphatic carbocycles. The zero-order chi connectivity index (χ0) is 17.2. The number of hydrogen-bond donors (Lipinski definition) is 1. The minimum absolute atomic E-state index is 0.101. The molecule has 0 radical (unpaired) electrons. The maximum atomic E-state index is 14.9. The zero-order valence-electron chi connectivity index (χ0n) is 13.1. The molecule has 1 fully saturated rings. The van der Waals surface area contributed by atoms with Crippen LogP contribution in [0.5, 0.6) is 0 Å². The van der Waals surface area contributed by atoms with Crippen molar-refractivity contribution in [1.29, 1.82) is 0 Å². The third kappa shape index (κ3) is 2.47. The Labute approximate surface area is 137 Å². The summed E-state index contributed by atoms with van der Waals surface area (Å²) in [6.07, 6.45) is 0. The third-order valence-electron chi connectivity index (χ3n) is 4.50. The van der Waals surface area contributed by atoms with Crippen LogP contribution in [0.4, 0.5) is 14.5 Å². The molecule has 8 heteroatoms. The van der Waals surface area contributed by atoms with E-state index in [0.717, 1.165) is 6.07 Å². The van der Waals surface area contributed by atoms with Gasteiger partial charge in [0.2, 0.25) is 0 Å². The molecule has 0 saturated carbocycles. The summed E-state index contributed by atoms with van der Waals surface area (Å²) >= 11 is 5.68. The minimum atomic E-state index is -1.33. The number of benzene rings is 1. The van der Waals surface area contributed by atoms with Crippen LogP contribution in [0, 0.1) is 5.82 Å². The maximum Gasteiger partial charge on any atom is 0.526 e. The lowest BCUT2D eigenvalue weighted by Crippen LogP contribution is -2.41. The molecule has 4 nitrogen and oxygen atoms in total. The highest BCUT2D eigenvalue weighted by molar-refractivity contribution is 6.58. The normalized spacial score (nSPS) is 23.8. The topological polar surface area (TPSA) is 47.6 Å². The summed E-state index contributed by atoms with van der Waals surface area (Å²) in [5, 5.41) is 2.31. The van der Waals surface area contributed by atoms with Crippen molar-refractivity contribution in [1.82, 2.24) is 0 Å². The van der Waals surface area contributed by atoms with Crippen LogP contribution in [-0.2, 0) is 14.1 Å². The van der Waals surface area contributed by atoms with Gasteiger partial charge in [0.25, 0.3) is 5.91 Å². The highest BCUT2D eigenvalue weighted by Crippen LogP contribution is 2.43. The van der Waals surface area contributed by atoms with Crippen LogP contribution in [-0.4, -0.2) is 24.2 Å². The third-order valence-corrected chi connectivity index (χ3v) is 4.79. The Bertz CT molecular complexity index is 732. The summed E-state index contributed by atoms with van der Waals surface area (Å²) in [4.78, 5) is 12.1. The lowest BCUT2D eigenvalue weighted by atomic mass is 9.83. The first-order valence-corrected chi connectivity index (χ1v) is 7.47. The Morgan fingerprint density at radius 2 is 1.78 bits per heavy atom. The van der Waals surface area contributed by atoms with Crippen molar-refractivity contribution in [3.8, 4) is 0 Å². The van der Waals surface area contributed by atoms with E-state index in [2.05, 4.69) is 5.32 Å². The maximum absolute atomic E-state index is 14.9. The number of fused-ring (bicyclic) bond motifs is 1. The Hall–Kier alpha value is -1.44. The second kappa shape index (κ2) is 5.03. The molecule has 1 aromatic rings. The van der Waals surface area contributed by atoms with Crippen LogP contribution in [0.3, 0.4) is 0 Å². The monoisotopic (exact) mass is 341 g/mol. The largest absolute Gasteiger partial charge is 0.526 e. The summed E-state index contributed by atoms with van der Waals surface area (Å²) in [5.74, 6) is -1.42. The predicted octanol–water partition coefficient (Wildman–Crippen LogP) is 3.74. The van der Waals surface area contributed by atoms with E-state index in [1.807, 2.05) is 0 Å². The van der Waals surface area contributed by atoms with E-state index in [1.165, 1.54) is 6.07 Å². The summed E-state index contributed by atoms with van der Waals surface area (Å²) < 4.78 is 39.8. The summed E-state index contributed by atoms with van der Waals surface area (Å²) in [7, 11) is -1.33. The van der Waals surface area contributed by atoms with Crippen LogP contribution < -0.4 is 5.32 Å². The van der Waals surface area contributed by atoms with Gasteiger partial charge in [-0.2, -0.15) is 0 Å². The second-order valence-corrected chi connectivity index (χ2v) is 6.98. The van der Waals surface area contributed by atoms with E-state index in [1.54, 1.807) is 27.7 Å². The average Bonchev–Trinajstić information content (AvgIpc) is 2.83. The van der Waals surface area contributed by atoms with Crippen molar-refractivity contribution in [3.05, 3.63) is 34.3 Å². The first-order valence-electron chi connectivity index (χ1n) is 7.09. The average molecular weight is 342 g/mol. The van der Waals surface area contributed by atoms with Gasteiger partial charge in [-0.15, -0.1) is 0 Å². The molecule has 2 aliphatic rings. The van der Waals surface area contributed by atoms with Crippen molar-refractivity contribution >= 4 is 35.9 Å². The molecule has 23 heavy (non-hydrogen) atoms. The van der Waals surface area contributed by atoms with Crippen LogP contribution in [0.15, 0.2) is 17.9 Å². The number of amides is 1. The summed E-state index contributed by atoms with van der Waals surface area (Å²) in [6, 6.07) is 2.27. The van der Waals surface area contributed by atoms with Crippen molar-refractivity contribution in [2.45, 2.75) is 38.9 Å². The fraction of sp³-hybridized carbons (Fsp3) is 0.400. The number of halogens is 3. The number of nitrogens with one attached hydrogen (secondary N) is 1. The molecule has 3 rings (SSSR count). The molecule has 1 amide bonds. The Balaban J connectivity index is 2.07. The van der Waals surface area contributed by atoms with Crippen LogP contribution in [0.1, 0.15) is 33.3 Å². The van der Waals surface area contributed by atoms with Crippen LogP contribution in [0.2, 0.25) is 5.02 Å². The van der Waals surface area contributed by atoms with Gasteiger partial charge in [-0.3, -0.25) is 4.79 Å². The SMILES string of the molecule is CC1(C)OB(C(F)=C2C(=O)Nc3cc(Cl)c(F)cc32)OC1(C)C. The molecule has 0 atom stereocenters. The van der Waals surface area contributed by atoms with Crippen molar-refractivity contribution in [2.24, 2.45) is 0 Å². The van der Waals surface area contributed by atoms with E-state index in [9.17, 15) is 13.6 Å². The number of carbonyl (C=O) groups excluding carboxylic acids is 1. The van der Waals surface area contributed by atoms with E-state index in [-0.39, 0.29) is 21.8 Å². The van der Waals surface area contributed by atoms with Crippen molar-refractivity contribution in [3.63, 3.8) is 0 Å². The van der Waals surface area contributed by atoms with E-state index in [4.69, 9.17) is 20.9 Å². The lowest BCUT2D eigenvalue weighted by molar-refractivity contribution is -0.110. The Morgan fingerprint density at radius 1 is 1.22 bits per heavy atom. The summed E-state index contributed by atoms with van der Waals surface area (Å²) in [5.41, 5.74) is -2.33. The van der Waals surface area contributed by atoms with E-state index in [0.29, 0.717) is 0 Å². The van der Waals surface area contributed by atoms with Crippen LogP contribution >= 0.6 is 11.6 Å². The predicted molar refractivity (Wildman–Crippen MR) is 84.1 cm³/mol. The lowest BCUT2D eigenvalue weighted by Gasteiger charge is -2.32. The second-order valence-electron chi connectivity index (χ2n) is 6.58. The molecular formula is C15H15BClF2NO3. The van der Waals surface area contributed by atoms with Gasteiger partial charge < -0.3 is 14.6 Å². The standard InChI is InChI=1S/C15H15BClF2NO3/c1-14(2)15(3,4)23-16(22-14)12(19)11-7-5-9(18)8(17)6-10(7)20-13(11)21/h5-6H,1-4H3,(H,20,21). The highest BCUT2D eigenvalue weighted by Gasteiger charge is 2.54. The van der Waals surface area contributed by atoms with Gasteiger partial charge in [0.1, 0.15) is 11.5 Å².